The van der Waals surface area contributed by atoms with Crippen LogP contribution in [-0.4, -0.2) is 45.5 Å². The smallest absolute Gasteiger partial charge is 0.420 e. The fraction of sp³-hybridized carbons (Fsp3) is 0.346. The van der Waals surface area contributed by atoms with Crippen LogP contribution in [0.2, 0.25) is 0 Å². The second-order valence-corrected chi connectivity index (χ2v) is 9.87. The molecule has 0 aliphatic heterocycles. The van der Waals surface area contributed by atoms with E-state index < -0.39 is 23.4 Å². The van der Waals surface area contributed by atoms with Crippen LogP contribution in [-0.2, 0) is 9.47 Å². The number of pyridine rings is 1. The standard InChI is InChI=1S/C26H31N5O5/c1-25(2,3)35-23(32)29-18-11-17(13-27-14-18)21-15-28-16-22(30-21)31(24(33)36-26(4,5)6)19-9-8-10-20(12-19)34-7/h8-16H,1-7H3,(H,29,32). The van der Waals surface area contributed by atoms with Gasteiger partial charge in [-0.3, -0.25) is 15.3 Å². The number of aromatic nitrogens is 3. The molecule has 36 heavy (non-hydrogen) atoms. The Hall–Kier alpha value is -4.21. The van der Waals surface area contributed by atoms with Crippen molar-refractivity contribution in [2.75, 3.05) is 17.3 Å². The number of nitrogens with zero attached hydrogens (tertiary/aromatic N) is 4. The summed E-state index contributed by atoms with van der Waals surface area (Å²) >= 11 is 0. The number of rotatable bonds is 5. The maximum atomic E-state index is 13.2. The van der Waals surface area contributed by atoms with Crippen LogP contribution in [0.4, 0.5) is 26.8 Å². The molecule has 2 amide bonds. The predicted octanol–water partition coefficient (Wildman–Crippen LogP) is 5.97. The molecule has 0 saturated carbocycles. The largest absolute Gasteiger partial charge is 0.497 e. The van der Waals surface area contributed by atoms with E-state index in [2.05, 4.69) is 20.3 Å². The van der Waals surface area contributed by atoms with Crippen molar-refractivity contribution in [2.24, 2.45) is 0 Å². The number of carbonyl (C=O) groups excluding carboxylic acids is 2. The first-order valence-corrected chi connectivity index (χ1v) is 11.3. The first kappa shape index (κ1) is 26.4. The summed E-state index contributed by atoms with van der Waals surface area (Å²) in [5.74, 6) is 0.802. The van der Waals surface area contributed by atoms with Gasteiger partial charge in [0.2, 0.25) is 0 Å². The van der Waals surface area contributed by atoms with Crippen LogP contribution in [0, 0.1) is 0 Å². The van der Waals surface area contributed by atoms with Crippen molar-refractivity contribution >= 4 is 29.4 Å². The van der Waals surface area contributed by atoms with E-state index in [-0.39, 0.29) is 5.82 Å². The Morgan fingerprint density at radius 1 is 0.889 bits per heavy atom. The molecular formula is C26H31N5O5. The van der Waals surface area contributed by atoms with Gasteiger partial charge in [-0.1, -0.05) is 6.07 Å². The van der Waals surface area contributed by atoms with Crippen molar-refractivity contribution in [1.29, 1.82) is 0 Å². The van der Waals surface area contributed by atoms with Crippen molar-refractivity contribution in [3.63, 3.8) is 0 Å². The summed E-state index contributed by atoms with van der Waals surface area (Å²) in [6.45, 7) is 10.7. The molecular weight excluding hydrogens is 462 g/mol. The molecule has 1 N–H and O–H groups in total. The van der Waals surface area contributed by atoms with Crippen molar-refractivity contribution in [3.8, 4) is 17.0 Å². The minimum absolute atomic E-state index is 0.237. The van der Waals surface area contributed by atoms with Gasteiger partial charge in [0.15, 0.2) is 5.82 Å². The lowest BCUT2D eigenvalue weighted by molar-refractivity contribution is 0.0595. The zero-order chi connectivity index (χ0) is 26.5. The van der Waals surface area contributed by atoms with Crippen molar-refractivity contribution < 1.29 is 23.8 Å². The summed E-state index contributed by atoms with van der Waals surface area (Å²) < 4.78 is 16.3. The van der Waals surface area contributed by atoms with Crippen LogP contribution >= 0.6 is 0 Å². The lowest BCUT2D eigenvalue weighted by Gasteiger charge is -2.27. The van der Waals surface area contributed by atoms with Gasteiger partial charge in [-0.2, -0.15) is 0 Å². The third-order valence-corrected chi connectivity index (χ3v) is 4.42. The Morgan fingerprint density at radius 2 is 1.58 bits per heavy atom. The van der Waals surface area contributed by atoms with Crippen LogP contribution < -0.4 is 15.0 Å². The Labute approximate surface area is 210 Å². The minimum Gasteiger partial charge on any atom is -0.497 e. The van der Waals surface area contributed by atoms with E-state index in [0.717, 1.165) is 0 Å². The number of hydrogen-bond donors (Lipinski definition) is 1. The van der Waals surface area contributed by atoms with E-state index in [1.54, 1.807) is 85.2 Å². The van der Waals surface area contributed by atoms with Gasteiger partial charge in [0, 0.05) is 17.8 Å². The van der Waals surface area contributed by atoms with Crippen LogP contribution in [0.3, 0.4) is 0 Å². The summed E-state index contributed by atoms with van der Waals surface area (Å²) in [6, 6.07) is 8.67. The number of nitrogens with one attached hydrogen (secondary N) is 1. The molecule has 0 radical (unpaired) electrons. The van der Waals surface area contributed by atoms with Crippen molar-refractivity contribution in [1.82, 2.24) is 15.0 Å². The van der Waals surface area contributed by atoms with E-state index in [0.29, 0.717) is 28.4 Å². The van der Waals surface area contributed by atoms with Gasteiger partial charge < -0.3 is 14.2 Å². The first-order chi connectivity index (χ1) is 16.8. The quantitative estimate of drug-likeness (QED) is 0.462. The Kier molecular flexibility index (Phi) is 7.77. The molecule has 190 valence electrons. The highest BCUT2D eigenvalue weighted by atomic mass is 16.6. The SMILES string of the molecule is COc1cccc(N(C(=O)OC(C)(C)C)c2cncc(-c3cncc(NC(=O)OC(C)(C)C)c3)n2)c1. The van der Waals surface area contributed by atoms with E-state index in [1.165, 1.54) is 23.5 Å². The fourth-order valence-corrected chi connectivity index (χ4v) is 3.06. The molecule has 1 aromatic carbocycles. The lowest BCUT2D eigenvalue weighted by atomic mass is 10.2. The number of amides is 2. The lowest BCUT2D eigenvalue weighted by Crippen LogP contribution is -2.34. The molecule has 2 heterocycles. The second-order valence-electron chi connectivity index (χ2n) is 9.87. The normalized spacial score (nSPS) is 11.4. The van der Waals surface area contributed by atoms with Gasteiger partial charge in [0.1, 0.15) is 17.0 Å². The number of anilines is 3. The third kappa shape index (κ3) is 7.39. The summed E-state index contributed by atoms with van der Waals surface area (Å²) in [6.07, 6.45) is 4.85. The number of ether oxygens (including phenoxy) is 3. The van der Waals surface area contributed by atoms with Crippen molar-refractivity contribution in [3.05, 3.63) is 55.1 Å². The summed E-state index contributed by atoms with van der Waals surface area (Å²) in [4.78, 5) is 39.8. The molecule has 0 aliphatic rings. The highest BCUT2D eigenvalue weighted by Gasteiger charge is 2.27. The zero-order valence-corrected chi connectivity index (χ0v) is 21.5. The summed E-state index contributed by atoms with van der Waals surface area (Å²) in [7, 11) is 1.54. The highest BCUT2D eigenvalue weighted by Crippen LogP contribution is 2.30. The fourth-order valence-electron chi connectivity index (χ4n) is 3.06. The molecule has 2 aromatic heterocycles. The van der Waals surface area contributed by atoms with Crippen molar-refractivity contribution in [2.45, 2.75) is 52.7 Å². The Morgan fingerprint density at radius 3 is 2.25 bits per heavy atom. The monoisotopic (exact) mass is 493 g/mol. The summed E-state index contributed by atoms with van der Waals surface area (Å²) in [5, 5.41) is 2.66. The number of methoxy groups -OCH3 is 1. The molecule has 0 fully saturated rings. The van der Waals surface area contributed by atoms with E-state index in [9.17, 15) is 9.59 Å². The van der Waals surface area contributed by atoms with Gasteiger partial charge in [-0.15, -0.1) is 0 Å². The average Bonchev–Trinajstić information content (AvgIpc) is 2.77. The minimum atomic E-state index is -0.731. The maximum absolute atomic E-state index is 13.2. The Balaban J connectivity index is 1.97. The summed E-state index contributed by atoms with van der Waals surface area (Å²) in [5.41, 5.74) is 0.557. The molecule has 0 spiro atoms. The van der Waals surface area contributed by atoms with Crippen LogP contribution in [0.1, 0.15) is 41.5 Å². The van der Waals surface area contributed by atoms with Gasteiger partial charge in [-0.05, 0) is 59.7 Å². The average molecular weight is 494 g/mol. The predicted molar refractivity (Wildman–Crippen MR) is 136 cm³/mol. The molecule has 0 unspecified atom stereocenters. The molecule has 0 atom stereocenters. The molecule has 0 aliphatic carbocycles. The topological polar surface area (TPSA) is 116 Å². The molecule has 3 aromatic rings. The molecule has 3 rings (SSSR count). The Bertz CT molecular complexity index is 1230. The number of carbonyl (C=O) groups is 2. The van der Waals surface area contributed by atoms with E-state index in [1.807, 2.05) is 0 Å². The van der Waals surface area contributed by atoms with E-state index in [4.69, 9.17) is 14.2 Å². The molecule has 10 nitrogen and oxygen atoms in total. The van der Waals surface area contributed by atoms with Gasteiger partial charge >= 0.3 is 12.2 Å². The van der Waals surface area contributed by atoms with Gasteiger partial charge in [-0.25, -0.2) is 19.5 Å². The van der Waals surface area contributed by atoms with E-state index >= 15 is 0 Å². The zero-order valence-electron chi connectivity index (χ0n) is 21.5. The number of hydrogen-bond acceptors (Lipinski definition) is 8. The molecule has 0 saturated heterocycles. The molecule has 0 bridgehead atoms. The second kappa shape index (κ2) is 10.6. The molecule has 10 heteroatoms. The number of benzene rings is 1. The van der Waals surface area contributed by atoms with Gasteiger partial charge in [0.25, 0.3) is 0 Å². The van der Waals surface area contributed by atoms with Crippen LogP contribution in [0.15, 0.2) is 55.1 Å². The highest BCUT2D eigenvalue weighted by molar-refractivity contribution is 5.95. The maximum Gasteiger partial charge on any atom is 0.420 e. The van der Waals surface area contributed by atoms with Crippen LogP contribution in [0.25, 0.3) is 11.3 Å². The van der Waals surface area contributed by atoms with Gasteiger partial charge in [0.05, 0.1) is 42.8 Å². The first-order valence-electron chi connectivity index (χ1n) is 11.3. The third-order valence-electron chi connectivity index (χ3n) is 4.42. The van der Waals surface area contributed by atoms with Crippen LogP contribution in [0.5, 0.6) is 5.75 Å².